The molecule has 1 aromatic rings. The summed E-state index contributed by atoms with van der Waals surface area (Å²) in [7, 11) is 0. The fourth-order valence-corrected chi connectivity index (χ4v) is 1.44. The summed E-state index contributed by atoms with van der Waals surface area (Å²) in [4.78, 5) is 25.9. The maximum absolute atomic E-state index is 11.6. The van der Waals surface area contributed by atoms with E-state index < -0.39 is 5.97 Å². The van der Waals surface area contributed by atoms with Crippen LogP contribution in [0.15, 0.2) is 12.5 Å². The van der Waals surface area contributed by atoms with Crippen LogP contribution in [0.2, 0.25) is 0 Å². The zero-order chi connectivity index (χ0) is 14.4. The van der Waals surface area contributed by atoms with Gasteiger partial charge in [-0.15, -0.1) is 0 Å². The minimum Gasteiger partial charge on any atom is -0.476 e. The quantitative estimate of drug-likeness (QED) is 0.648. The molecule has 7 heteroatoms. The molecule has 0 bridgehead atoms. The SMILES string of the molecule is CC(C)C(N)CC(=O)NCCn1cnc(C(=O)O)c1. The van der Waals surface area contributed by atoms with Gasteiger partial charge in [0.25, 0.3) is 0 Å². The molecule has 19 heavy (non-hydrogen) atoms. The zero-order valence-electron chi connectivity index (χ0n) is 11.2. The van der Waals surface area contributed by atoms with E-state index in [1.807, 2.05) is 13.8 Å². The van der Waals surface area contributed by atoms with Gasteiger partial charge in [0.2, 0.25) is 5.91 Å². The first kappa shape index (κ1) is 15.2. The molecule has 0 aliphatic heterocycles. The molecular formula is C12H20N4O3. The van der Waals surface area contributed by atoms with Crippen LogP contribution < -0.4 is 11.1 Å². The predicted octanol–water partition coefficient (Wildman–Crippen LogP) is 0.0709. The summed E-state index contributed by atoms with van der Waals surface area (Å²) < 4.78 is 1.62. The standard InChI is InChI=1S/C12H20N4O3/c1-8(2)9(13)5-11(17)14-3-4-16-6-10(12(18)19)15-7-16/h6-9H,3-5,13H2,1-2H3,(H,14,17)(H,18,19). The summed E-state index contributed by atoms with van der Waals surface area (Å²) in [6, 6.07) is -0.146. The van der Waals surface area contributed by atoms with Gasteiger partial charge in [-0.3, -0.25) is 4.79 Å². The van der Waals surface area contributed by atoms with Gasteiger partial charge < -0.3 is 20.7 Å². The van der Waals surface area contributed by atoms with Crippen molar-refractivity contribution in [2.24, 2.45) is 11.7 Å². The summed E-state index contributed by atoms with van der Waals surface area (Å²) >= 11 is 0. The number of aromatic carboxylic acids is 1. The van der Waals surface area contributed by atoms with Crippen molar-refractivity contribution in [3.8, 4) is 0 Å². The number of aromatic nitrogens is 2. The van der Waals surface area contributed by atoms with Crippen LogP contribution in [0.4, 0.5) is 0 Å². The van der Waals surface area contributed by atoms with Gasteiger partial charge in [0.15, 0.2) is 5.69 Å². The Morgan fingerprint density at radius 2 is 2.21 bits per heavy atom. The zero-order valence-corrected chi connectivity index (χ0v) is 11.2. The Balaban J connectivity index is 2.29. The monoisotopic (exact) mass is 268 g/mol. The molecule has 0 saturated heterocycles. The Morgan fingerprint density at radius 3 is 2.74 bits per heavy atom. The van der Waals surface area contributed by atoms with E-state index in [-0.39, 0.29) is 23.6 Å². The highest BCUT2D eigenvalue weighted by Gasteiger charge is 2.12. The number of hydrogen-bond acceptors (Lipinski definition) is 4. The molecule has 1 atom stereocenters. The maximum Gasteiger partial charge on any atom is 0.356 e. The fourth-order valence-electron chi connectivity index (χ4n) is 1.44. The maximum atomic E-state index is 11.6. The Hall–Kier alpha value is -1.89. The van der Waals surface area contributed by atoms with E-state index in [9.17, 15) is 9.59 Å². The highest BCUT2D eigenvalue weighted by atomic mass is 16.4. The first-order valence-electron chi connectivity index (χ1n) is 6.17. The lowest BCUT2D eigenvalue weighted by molar-refractivity contribution is -0.121. The fraction of sp³-hybridized carbons (Fsp3) is 0.583. The molecule has 4 N–H and O–H groups in total. The van der Waals surface area contributed by atoms with Crippen molar-refractivity contribution in [2.75, 3.05) is 6.54 Å². The highest BCUT2D eigenvalue weighted by molar-refractivity contribution is 5.84. The lowest BCUT2D eigenvalue weighted by atomic mass is 10.0. The van der Waals surface area contributed by atoms with Crippen LogP contribution in [0.1, 0.15) is 30.8 Å². The molecule has 7 nitrogen and oxygen atoms in total. The van der Waals surface area contributed by atoms with Crippen molar-refractivity contribution in [1.82, 2.24) is 14.9 Å². The molecule has 0 spiro atoms. The number of hydrogen-bond donors (Lipinski definition) is 3. The molecule has 0 aromatic carbocycles. The van der Waals surface area contributed by atoms with Gasteiger partial charge in [0, 0.05) is 31.7 Å². The summed E-state index contributed by atoms with van der Waals surface area (Å²) in [5, 5.41) is 11.4. The molecule has 1 aromatic heterocycles. The van der Waals surface area contributed by atoms with Crippen molar-refractivity contribution >= 4 is 11.9 Å². The molecule has 1 amide bonds. The first-order chi connectivity index (χ1) is 8.90. The Kier molecular flexibility index (Phi) is 5.50. The van der Waals surface area contributed by atoms with E-state index in [2.05, 4.69) is 10.3 Å². The van der Waals surface area contributed by atoms with Crippen LogP contribution in [0.5, 0.6) is 0 Å². The third-order valence-corrected chi connectivity index (χ3v) is 2.82. The van der Waals surface area contributed by atoms with Crippen LogP contribution in [-0.4, -0.2) is 39.1 Å². The van der Waals surface area contributed by atoms with Crippen LogP contribution in [0.3, 0.4) is 0 Å². The number of carbonyl (C=O) groups excluding carboxylic acids is 1. The van der Waals surface area contributed by atoms with Crippen LogP contribution in [-0.2, 0) is 11.3 Å². The van der Waals surface area contributed by atoms with Gasteiger partial charge in [0.05, 0.1) is 6.33 Å². The van der Waals surface area contributed by atoms with Crippen LogP contribution in [0.25, 0.3) is 0 Å². The normalized spacial score (nSPS) is 12.4. The van der Waals surface area contributed by atoms with Gasteiger partial charge in [-0.25, -0.2) is 9.78 Å². The lowest BCUT2D eigenvalue weighted by Gasteiger charge is -2.15. The molecule has 0 aliphatic carbocycles. The minimum absolute atomic E-state index is 0.00634. The average molecular weight is 268 g/mol. The second kappa shape index (κ2) is 6.89. The van der Waals surface area contributed by atoms with Crippen LogP contribution >= 0.6 is 0 Å². The highest BCUT2D eigenvalue weighted by Crippen LogP contribution is 2.02. The number of nitrogens with two attached hydrogens (primary N) is 1. The molecule has 0 aliphatic rings. The number of amides is 1. The number of rotatable bonds is 7. The molecule has 1 unspecified atom stereocenters. The third-order valence-electron chi connectivity index (χ3n) is 2.82. The molecule has 0 fully saturated rings. The smallest absolute Gasteiger partial charge is 0.356 e. The summed E-state index contributed by atoms with van der Waals surface area (Å²) in [5.74, 6) is -0.900. The number of imidazole rings is 1. The van der Waals surface area contributed by atoms with E-state index in [1.54, 1.807) is 4.57 Å². The number of carboxylic acids is 1. The molecule has 0 radical (unpaired) electrons. The second-order valence-electron chi connectivity index (χ2n) is 4.76. The number of nitrogens with zero attached hydrogens (tertiary/aromatic N) is 2. The van der Waals surface area contributed by atoms with Crippen molar-refractivity contribution in [2.45, 2.75) is 32.9 Å². The van der Waals surface area contributed by atoms with E-state index in [0.717, 1.165) is 0 Å². The van der Waals surface area contributed by atoms with Crippen molar-refractivity contribution in [3.63, 3.8) is 0 Å². The number of carbonyl (C=O) groups is 2. The summed E-state index contributed by atoms with van der Waals surface area (Å²) in [6.07, 6.45) is 3.14. The number of carboxylic acid groups (broad SMARTS) is 1. The van der Waals surface area contributed by atoms with Gasteiger partial charge in [0.1, 0.15) is 0 Å². The van der Waals surface area contributed by atoms with Crippen molar-refractivity contribution in [1.29, 1.82) is 0 Å². The van der Waals surface area contributed by atoms with Gasteiger partial charge in [-0.1, -0.05) is 13.8 Å². The third kappa shape index (κ3) is 5.09. The summed E-state index contributed by atoms with van der Waals surface area (Å²) in [5.41, 5.74) is 5.79. The van der Waals surface area contributed by atoms with Gasteiger partial charge >= 0.3 is 5.97 Å². The molecular weight excluding hydrogens is 248 g/mol. The summed E-state index contributed by atoms with van der Waals surface area (Å²) in [6.45, 7) is 4.83. The Bertz CT molecular complexity index is 442. The molecule has 106 valence electrons. The average Bonchev–Trinajstić information content (AvgIpc) is 2.77. The van der Waals surface area contributed by atoms with E-state index >= 15 is 0 Å². The molecule has 0 saturated carbocycles. The van der Waals surface area contributed by atoms with Crippen LogP contribution in [0, 0.1) is 5.92 Å². The topological polar surface area (TPSA) is 110 Å². The van der Waals surface area contributed by atoms with Crippen molar-refractivity contribution in [3.05, 3.63) is 18.2 Å². The van der Waals surface area contributed by atoms with Gasteiger partial charge in [-0.2, -0.15) is 0 Å². The lowest BCUT2D eigenvalue weighted by Crippen LogP contribution is -2.35. The molecule has 1 heterocycles. The first-order valence-corrected chi connectivity index (χ1v) is 6.17. The second-order valence-corrected chi connectivity index (χ2v) is 4.76. The van der Waals surface area contributed by atoms with E-state index in [4.69, 9.17) is 10.8 Å². The Morgan fingerprint density at radius 1 is 1.53 bits per heavy atom. The van der Waals surface area contributed by atoms with Crippen molar-refractivity contribution < 1.29 is 14.7 Å². The largest absolute Gasteiger partial charge is 0.476 e. The van der Waals surface area contributed by atoms with Gasteiger partial charge in [-0.05, 0) is 5.92 Å². The molecule has 1 rings (SSSR count). The predicted molar refractivity (Wildman–Crippen MR) is 69.6 cm³/mol. The number of nitrogens with one attached hydrogen (secondary N) is 1. The van der Waals surface area contributed by atoms with E-state index in [1.165, 1.54) is 12.5 Å². The Labute approximate surface area is 111 Å². The van der Waals surface area contributed by atoms with E-state index in [0.29, 0.717) is 19.5 Å². The minimum atomic E-state index is -1.06.